The van der Waals surface area contributed by atoms with Gasteiger partial charge in [0.25, 0.3) is 11.6 Å². The number of nitro groups is 1. The van der Waals surface area contributed by atoms with Gasteiger partial charge in [-0.2, -0.15) is 0 Å². The van der Waals surface area contributed by atoms with Crippen molar-refractivity contribution >= 4 is 27.5 Å². The molecule has 6 nitrogen and oxygen atoms in total. The Hall–Kier alpha value is -1.47. The number of carbonyl (C=O) groups is 1. The van der Waals surface area contributed by atoms with Crippen molar-refractivity contribution in [1.82, 2.24) is 5.32 Å². The van der Waals surface area contributed by atoms with Crippen LogP contribution in [0.1, 0.15) is 38.1 Å². The summed E-state index contributed by atoms with van der Waals surface area (Å²) in [6.07, 6.45) is 0. The molecular formula is C13H17BrN2O4. The van der Waals surface area contributed by atoms with Crippen LogP contribution in [0.15, 0.2) is 22.7 Å². The van der Waals surface area contributed by atoms with Crippen molar-refractivity contribution in [3.8, 4) is 0 Å². The van der Waals surface area contributed by atoms with E-state index in [1.165, 1.54) is 18.2 Å². The SMILES string of the molecule is CC(C)(O)C(C)(C)NC(=O)c1ccc(Br)c([N+](=O)[O-])c1. The molecule has 2 N–H and O–H groups in total. The summed E-state index contributed by atoms with van der Waals surface area (Å²) in [5.74, 6) is -0.479. The summed E-state index contributed by atoms with van der Waals surface area (Å²) in [7, 11) is 0. The molecule has 0 atom stereocenters. The van der Waals surface area contributed by atoms with Crippen molar-refractivity contribution in [2.24, 2.45) is 0 Å². The molecule has 0 fully saturated rings. The fourth-order valence-electron chi connectivity index (χ4n) is 1.30. The van der Waals surface area contributed by atoms with Gasteiger partial charge in [-0.3, -0.25) is 14.9 Å². The zero-order chi connectivity index (χ0) is 15.7. The van der Waals surface area contributed by atoms with Gasteiger partial charge in [0, 0.05) is 11.6 Å². The van der Waals surface area contributed by atoms with E-state index in [4.69, 9.17) is 0 Å². The molecule has 20 heavy (non-hydrogen) atoms. The molecule has 0 aliphatic carbocycles. The first-order valence-electron chi connectivity index (χ1n) is 5.94. The summed E-state index contributed by atoms with van der Waals surface area (Å²) in [5.41, 5.74) is -2.04. The first-order valence-corrected chi connectivity index (χ1v) is 6.74. The zero-order valence-corrected chi connectivity index (χ0v) is 13.3. The van der Waals surface area contributed by atoms with E-state index in [-0.39, 0.29) is 11.3 Å². The summed E-state index contributed by atoms with van der Waals surface area (Å²) in [5, 5.41) is 23.5. The smallest absolute Gasteiger partial charge is 0.284 e. The Kier molecular flexibility index (Phi) is 4.55. The molecule has 0 spiro atoms. The van der Waals surface area contributed by atoms with Gasteiger partial charge in [0.1, 0.15) is 0 Å². The molecular weight excluding hydrogens is 328 g/mol. The van der Waals surface area contributed by atoms with Gasteiger partial charge in [-0.1, -0.05) is 0 Å². The highest BCUT2D eigenvalue weighted by Gasteiger charge is 2.36. The highest BCUT2D eigenvalue weighted by molar-refractivity contribution is 9.10. The van der Waals surface area contributed by atoms with Crippen molar-refractivity contribution in [3.63, 3.8) is 0 Å². The first kappa shape index (κ1) is 16.6. The number of benzene rings is 1. The first-order chi connectivity index (χ1) is 8.95. The molecule has 0 saturated carbocycles. The van der Waals surface area contributed by atoms with Gasteiger partial charge in [-0.15, -0.1) is 0 Å². The molecule has 0 aliphatic heterocycles. The van der Waals surface area contributed by atoms with E-state index in [9.17, 15) is 20.0 Å². The lowest BCUT2D eigenvalue weighted by atomic mass is 9.85. The Balaban J connectivity index is 3.06. The number of aliphatic hydroxyl groups is 1. The third-order valence-corrected chi connectivity index (χ3v) is 4.03. The third kappa shape index (κ3) is 3.55. The van der Waals surface area contributed by atoms with E-state index in [2.05, 4.69) is 21.2 Å². The normalized spacial score (nSPS) is 12.1. The number of rotatable bonds is 4. The quantitative estimate of drug-likeness (QED) is 0.648. The van der Waals surface area contributed by atoms with Crippen LogP contribution in [0.2, 0.25) is 0 Å². The van der Waals surface area contributed by atoms with Gasteiger partial charge in [-0.25, -0.2) is 0 Å². The molecule has 0 bridgehead atoms. The maximum Gasteiger partial charge on any atom is 0.284 e. The van der Waals surface area contributed by atoms with E-state index in [1.54, 1.807) is 27.7 Å². The fourth-order valence-corrected chi connectivity index (χ4v) is 1.69. The summed E-state index contributed by atoms with van der Waals surface area (Å²) >= 11 is 3.06. The van der Waals surface area contributed by atoms with Crippen LogP contribution in [-0.4, -0.2) is 27.1 Å². The maximum absolute atomic E-state index is 12.1. The van der Waals surface area contributed by atoms with Crippen LogP contribution in [0, 0.1) is 10.1 Å². The van der Waals surface area contributed by atoms with Crippen LogP contribution in [0.4, 0.5) is 5.69 Å². The number of nitro benzene ring substituents is 1. The topological polar surface area (TPSA) is 92.5 Å². The number of nitrogens with zero attached hydrogens (tertiary/aromatic N) is 1. The molecule has 1 rings (SSSR count). The molecule has 0 unspecified atom stereocenters. The summed E-state index contributed by atoms with van der Waals surface area (Å²) in [6.45, 7) is 6.52. The summed E-state index contributed by atoms with van der Waals surface area (Å²) in [4.78, 5) is 22.4. The van der Waals surface area contributed by atoms with Crippen LogP contribution in [0.5, 0.6) is 0 Å². The molecule has 7 heteroatoms. The van der Waals surface area contributed by atoms with Crippen LogP contribution in [0.25, 0.3) is 0 Å². The monoisotopic (exact) mass is 344 g/mol. The van der Waals surface area contributed by atoms with E-state index >= 15 is 0 Å². The number of hydrogen-bond acceptors (Lipinski definition) is 4. The predicted octanol–water partition coefficient (Wildman–Crippen LogP) is 2.64. The van der Waals surface area contributed by atoms with E-state index in [0.29, 0.717) is 4.47 Å². The van der Waals surface area contributed by atoms with E-state index in [0.717, 1.165) is 0 Å². The van der Waals surface area contributed by atoms with Crippen LogP contribution < -0.4 is 5.32 Å². The lowest BCUT2D eigenvalue weighted by molar-refractivity contribution is -0.385. The van der Waals surface area contributed by atoms with Crippen LogP contribution in [0.3, 0.4) is 0 Å². The molecule has 0 aliphatic rings. The Morgan fingerprint density at radius 3 is 2.35 bits per heavy atom. The molecule has 1 amide bonds. The Morgan fingerprint density at radius 1 is 1.35 bits per heavy atom. The van der Waals surface area contributed by atoms with E-state index in [1.807, 2.05) is 0 Å². The molecule has 0 aromatic heterocycles. The molecule has 1 aromatic carbocycles. The van der Waals surface area contributed by atoms with Gasteiger partial charge in [0.15, 0.2) is 0 Å². The second-order valence-electron chi connectivity index (χ2n) is 5.56. The highest BCUT2D eigenvalue weighted by atomic mass is 79.9. The number of hydrogen-bond donors (Lipinski definition) is 2. The average molecular weight is 345 g/mol. The van der Waals surface area contributed by atoms with Gasteiger partial charge < -0.3 is 10.4 Å². The molecule has 0 heterocycles. The molecule has 1 aromatic rings. The van der Waals surface area contributed by atoms with E-state index < -0.39 is 22.0 Å². The average Bonchev–Trinajstić information content (AvgIpc) is 2.26. The minimum atomic E-state index is -1.13. The minimum absolute atomic E-state index is 0.164. The largest absolute Gasteiger partial charge is 0.388 e. The second kappa shape index (κ2) is 5.49. The highest BCUT2D eigenvalue weighted by Crippen LogP contribution is 2.26. The lowest BCUT2D eigenvalue weighted by Crippen LogP contribution is -2.57. The summed E-state index contributed by atoms with van der Waals surface area (Å²) < 4.78 is 0.306. The van der Waals surface area contributed by atoms with Gasteiger partial charge in [-0.05, 0) is 55.8 Å². The Labute approximate surface area is 125 Å². The molecule has 110 valence electrons. The standard InChI is InChI=1S/C13H17BrN2O4/c1-12(2,13(3,4)18)15-11(17)8-5-6-9(14)10(7-8)16(19)20/h5-7,18H,1-4H3,(H,15,17). The van der Waals surface area contributed by atoms with Crippen molar-refractivity contribution in [2.45, 2.75) is 38.8 Å². The number of carbonyl (C=O) groups excluding carboxylic acids is 1. The summed E-state index contributed by atoms with van der Waals surface area (Å²) in [6, 6.07) is 4.12. The fraction of sp³-hybridized carbons (Fsp3) is 0.462. The predicted molar refractivity (Wildman–Crippen MR) is 78.6 cm³/mol. The second-order valence-corrected chi connectivity index (χ2v) is 6.42. The number of halogens is 1. The number of amides is 1. The number of nitrogens with one attached hydrogen (secondary N) is 1. The van der Waals surface area contributed by atoms with Crippen molar-refractivity contribution < 1.29 is 14.8 Å². The van der Waals surface area contributed by atoms with Crippen LogP contribution >= 0.6 is 15.9 Å². The third-order valence-electron chi connectivity index (χ3n) is 3.36. The lowest BCUT2D eigenvalue weighted by Gasteiger charge is -2.38. The molecule has 0 radical (unpaired) electrons. The van der Waals surface area contributed by atoms with Gasteiger partial charge in [0.05, 0.1) is 20.5 Å². The minimum Gasteiger partial charge on any atom is -0.388 e. The molecule has 0 saturated heterocycles. The Morgan fingerprint density at radius 2 is 1.90 bits per heavy atom. The zero-order valence-electron chi connectivity index (χ0n) is 11.7. The van der Waals surface area contributed by atoms with Crippen molar-refractivity contribution in [3.05, 3.63) is 38.3 Å². The van der Waals surface area contributed by atoms with Crippen molar-refractivity contribution in [2.75, 3.05) is 0 Å². The van der Waals surface area contributed by atoms with Gasteiger partial charge in [0.2, 0.25) is 0 Å². The Bertz CT molecular complexity index is 550. The maximum atomic E-state index is 12.1. The van der Waals surface area contributed by atoms with Crippen LogP contribution in [-0.2, 0) is 0 Å². The van der Waals surface area contributed by atoms with Crippen molar-refractivity contribution in [1.29, 1.82) is 0 Å². The van der Waals surface area contributed by atoms with Gasteiger partial charge >= 0.3 is 0 Å².